The van der Waals surface area contributed by atoms with Crippen molar-refractivity contribution in [2.24, 2.45) is 0 Å². The summed E-state index contributed by atoms with van der Waals surface area (Å²) >= 11 is 0. The van der Waals surface area contributed by atoms with Gasteiger partial charge in [-0.1, -0.05) is 30.3 Å². The van der Waals surface area contributed by atoms with Crippen molar-refractivity contribution in [3.8, 4) is 0 Å². The van der Waals surface area contributed by atoms with Crippen LogP contribution in [0.1, 0.15) is 11.5 Å². The summed E-state index contributed by atoms with van der Waals surface area (Å²) in [5.74, 6) is -1.10. The van der Waals surface area contributed by atoms with Crippen molar-refractivity contribution < 1.29 is 31.1 Å². The van der Waals surface area contributed by atoms with Crippen molar-refractivity contribution in [3.63, 3.8) is 0 Å². The first-order valence-corrected chi connectivity index (χ1v) is 8.93. The number of benzene rings is 2. The molecule has 0 saturated heterocycles. The quantitative estimate of drug-likeness (QED) is 0.770. The average Bonchev–Trinajstić information content (AvgIpc) is 2.62. The summed E-state index contributed by atoms with van der Waals surface area (Å²) in [6.45, 7) is 0.127. The highest BCUT2D eigenvalue weighted by atomic mass is 32.2. The van der Waals surface area contributed by atoms with Gasteiger partial charge in [-0.2, -0.15) is 13.2 Å². The predicted molar refractivity (Wildman–Crippen MR) is 89.4 cm³/mol. The molecule has 0 aromatic heterocycles. The topological polar surface area (TPSA) is 72.5 Å². The number of ether oxygens (including phenoxy) is 1. The molecule has 140 valence electrons. The Morgan fingerprint density at radius 3 is 2.15 bits per heavy atom. The van der Waals surface area contributed by atoms with Gasteiger partial charge in [-0.25, -0.2) is 8.42 Å². The van der Waals surface area contributed by atoms with Gasteiger partial charge in [0.15, 0.2) is 0 Å². The van der Waals surface area contributed by atoms with Gasteiger partial charge in [-0.15, -0.1) is 0 Å². The van der Waals surface area contributed by atoms with Gasteiger partial charge in [-0.3, -0.25) is 4.79 Å². The van der Waals surface area contributed by atoms with Crippen LogP contribution < -0.4 is 5.32 Å². The summed E-state index contributed by atoms with van der Waals surface area (Å²) in [6.07, 6.45) is 0. The van der Waals surface area contributed by atoms with Gasteiger partial charge >= 0.3 is 11.5 Å². The molecule has 2 aromatic carbocycles. The van der Waals surface area contributed by atoms with E-state index >= 15 is 0 Å². The molecule has 26 heavy (non-hydrogen) atoms. The molecule has 0 aliphatic rings. The minimum atomic E-state index is -5.39. The fourth-order valence-electron chi connectivity index (χ4n) is 2.27. The summed E-state index contributed by atoms with van der Waals surface area (Å²) in [5.41, 5.74) is -4.27. The Morgan fingerprint density at radius 1 is 1.08 bits per heavy atom. The van der Waals surface area contributed by atoms with E-state index in [-0.39, 0.29) is 6.54 Å². The van der Waals surface area contributed by atoms with Crippen molar-refractivity contribution in [2.75, 3.05) is 19.0 Å². The van der Waals surface area contributed by atoms with Gasteiger partial charge in [0.25, 0.3) is 9.84 Å². The molecule has 0 bridgehead atoms. The number of esters is 1. The SMILES string of the molecule is COC(=O)[C@H](CNc1ccc(S(=O)(=O)C(F)(F)F)cc1)c1ccccc1. The van der Waals surface area contributed by atoms with Crippen LogP contribution >= 0.6 is 0 Å². The molecule has 0 aliphatic heterocycles. The highest BCUT2D eigenvalue weighted by Crippen LogP contribution is 2.30. The zero-order valence-corrected chi connectivity index (χ0v) is 14.5. The molecule has 9 heteroatoms. The Kier molecular flexibility index (Phi) is 5.91. The minimum absolute atomic E-state index is 0.127. The van der Waals surface area contributed by atoms with E-state index in [1.54, 1.807) is 30.3 Å². The van der Waals surface area contributed by atoms with Crippen LogP contribution in [0.15, 0.2) is 59.5 Å². The molecule has 0 aliphatic carbocycles. The fourth-order valence-corrected chi connectivity index (χ4v) is 3.03. The average molecular weight is 387 g/mol. The normalized spacial score (nSPS) is 13.1. The van der Waals surface area contributed by atoms with E-state index in [1.165, 1.54) is 19.2 Å². The van der Waals surface area contributed by atoms with Crippen molar-refractivity contribution >= 4 is 21.5 Å². The lowest BCUT2D eigenvalue weighted by atomic mass is 9.99. The van der Waals surface area contributed by atoms with Crippen LogP contribution in [0.5, 0.6) is 0 Å². The molecule has 2 aromatic rings. The van der Waals surface area contributed by atoms with Gasteiger partial charge in [0.05, 0.1) is 17.9 Å². The molecule has 0 spiro atoms. The predicted octanol–water partition coefficient (Wildman–Crippen LogP) is 3.35. The van der Waals surface area contributed by atoms with Gasteiger partial charge in [0, 0.05) is 12.2 Å². The second-order valence-corrected chi connectivity index (χ2v) is 7.28. The third kappa shape index (κ3) is 4.34. The van der Waals surface area contributed by atoms with Crippen LogP contribution in [-0.2, 0) is 19.4 Å². The van der Waals surface area contributed by atoms with Crippen molar-refractivity contribution in [2.45, 2.75) is 16.3 Å². The first-order valence-electron chi connectivity index (χ1n) is 7.45. The number of sulfone groups is 1. The number of anilines is 1. The standard InChI is InChI=1S/C17H16F3NO4S/c1-25-16(22)15(12-5-3-2-4-6-12)11-21-13-7-9-14(10-8-13)26(23,24)17(18,19)20/h2-10,15,21H,11H2,1H3/t15-/m1/s1. The number of nitrogens with one attached hydrogen (secondary N) is 1. The van der Waals surface area contributed by atoms with Crippen LogP contribution in [0, 0.1) is 0 Å². The lowest BCUT2D eigenvalue weighted by Gasteiger charge is -2.17. The third-order valence-electron chi connectivity index (χ3n) is 3.67. The van der Waals surface area contributed by atoms with Crippen molar-refractivity contribution in [3.05, 3.63) is 60.2 Å². The molecule has 0 fully saturated rings. The zero-order valence-electron chi connectivity index (χ0n) is 13.7. The number of rotatable bonds is 6. The van der Waals surface area contributed by atoms with Crippen molar-refractivity contribution in [1.29, 1.82) is 0 Å². The van der Waals surface area contributed by atoms with E-state index in [9.17, 15) is 26.4 Å². The second kappa shape index (κ2) is 7.77. The number of carbonyl (C=O) groups excluding carboxylic acids is 1. The molecule has 0 unspecified atom stereocenters. The maximum Gasteiger partial charge on any atom is 0.501 e. The summed E-state index contributed by atoms with van der Waals surface area (Å²) in [7, 11) is -4.13. The lowest BCUT2D eigenvalue weighted by Crippen LogP contribution is -2.23. The van der Waals surface area contributed by atoms with Gasteiger partial charge in [0.2, 0.25) is 0 Å². The molecule has 1 N–H and O–H groups in total. The number of alkyl halides is 3. The first-order chi connectivity index (χ1) is 12.2. The van der Waals surface area contributed by atoms with E-state index in [0.717, 1.165) is 12.1 Å². The molecule has 2 rings (SSSR count). The molecule has 0 amide bonds. The summed E-state index contributed by atoms with van der Waals surface area (Å²) in [5, 5.41) is 2.90. The number of halogens is 3. The number of methoxy groups -OCH3 is 1. The van der Waals surface area contributed by atoms with Gasteiger partial charge in [-0.05, 0) is 29.8 Å². The Bertz CT molecular complexity index is 850. The number of carbonyl (C=O) groups is 1. The van der Waals surface area contributed by atoms with Crippen LogP contribution in [-0.4, -0.2) is 33.5 Å². The van der Waals surface area contributed by atoms with Crippen LogP contribution in [0.4, 0.5) is 18.9 Å². The van der Waals surface area contributed by atoms with Crippen molar-refractivity contribution in [1.82, 2.24) is 0 Å². The highest BCUT2D eigenvalue weighted by Gasteiger charge is 2.46. The monoisotopic (exact) mass is 387 g/mol. The molecule has 0 radical (unpaired) electrons. The molecular formula is C17H16F3NO4S. The first kappa shape index (κ1) is 19.8. The molecular weight excluding hydrogens is 371 g/mol. The molecule has 1 atom stereocenters. The lowest BCUT2D eigenvalue weighted by molar-refractivity contribution is -0.142. The second-order valence-electron chi connectivity index (χ2n) is 5.34. The van der Waals surface area contributed by atoms with E-state index < -0.39 is 32.1 Å². The Morgan fingerprint density at radius 2 is 1.65 bits per heavy atom. The summed E-state index contributed by atoms with van der Waals surface area (Å²) in [6, 6.07) is 13.0. The van der Waals surface area contributed by atoms with E-state index in [2.05, 4.69) is 5.32 Å². The smallest absolute Gasteiger partial charge is 0.468 e. The summed E-state index contributed by atoms with van der Waals surface area (Å²) < 4.78 is 65.1. The number of hydrogen-bond acceptors (Lipinski definition) is 5. The number of hydrogen-bond donors (Lipinski definition) is 1. The summed E-state index contributed by atoms with van der Waals surface area (Å²) in [4.78, 5) is 11.1. The van der Waals surface area contributed by atoms with Gasteiger partial charge < -0.3 is 10.1 Å². The maximum absolute atomic E-state index is 12.5. The van der Waals surface area contributed by atoms with Crippen LogP contribution in [0.3, 0.4) is 0 Å². The molecule has 5 nitrogen and oxygen atoms in total. The van der Waals surface area contributed by atoms with Gasteiger partial charge in [0.1, 0.15) is 0 Å². The van der Waals surface area contributed by atoms with Crippen LogP contribution in [0.2, 0.25) is 0 Å². The van der Waals surface area contributed by atoms with Crippen LogP contribution in [0.25, 0.3) is 0 Å². The zero-order chi connectivity index (χ0) is 19.4. The van der Waals surface area contributed by atoms with E-state index in [0.29, 0.717) is 11.3 Å². The third-order valence-corrected chi connectivity index (χ3v) is 5.17. The van der Waals surface area contributed by atoms with E-state index in [4.69, 9.17) is 4.74 Å². The minimum Gasteiger partial charge on any atom is -0.468 e. The van der Waals surface area contributed by atoms with E-state index in [1.807, 2.05) is 0 Å². The highest BCUT2D eigenvalue weighted by molar-refractivity contribution is 7.92. The largest absolute Gasteiger partial charge is 0.501 e. The fraction of sp³-hybridized carbons (Fsp3) is 0.235. The maximum atomic E-state index is 12.5. The molecule has 0 heterocycles. The Labute approximate surface area is 148 Å². The Hall–Kier alpha value is -2.55. The molecule has 0 saturated carbocycles. The Balaban J connectivity index is 2.14.